The van der Waals surface area contributed by atoms with Crippen LogP contribution in [0, 0.1) is 5.92 Å². The zero-order valence-electron chi connectivity index (χ0n) is 14.3. The highest BCUT2D eigenvalue weighted by molar-refractivity contribution is 7.90. The summed E-state index contributed by atoms with van der Waals surface area (Å²) in [6.07, 6.45) is 4.41. The summed E-state index contributed by atoms with van der Waals surface area (Å²) in [5.41, 5.74) is 0. The first-order chi connectivity index (χ1) is 12.0. The molecule has 2 atom stereocenters. The summed E-state index contributed by atoms with van der Waals surface area (Å²) >= 11 is 0. The molecule has 0 bridgehead atoms. The van der Waals surface area contributed by atoms with Gasteiger partial charge in [-0.15, -0.1) is 0 Å². The lowest BCUT2D eigenvalue weighted by Crippen LogP contribution is -2.40. The Morgan fingerprint density at radius 3 is 2.56 bits per heavy atom. The summed E-state index contributed by atoms with van der Waals surface area (Å²) in [7, 11) is -3.49. The smallest absolute Gasteiger partial charge is 0.287 e. The van der Waals surface area contributed by atoms with Crippen LogP contribution in [-0.4, -0.2) is 20.4 Å². The Bertz CT molecular complexity index is 826. The summed E-state index contributed by atoms with van der Waals surface area (Å²) in [6, 6.07) is 11.5. The Labute approximate surface area is 148 Å². The lowest BCUT2D eigenvalue weighted by atomic mass is 9.86. The quantitative estimate of drug-likeness (QED) is 0.883. The van der Waals surface area contributed by atoms with E-state index in [-0.39, 0.29) is 34.1 Å². The van der Waals surface area contributed by atoms with E-state index in [1.807, 2.05) is 0 Å². The molecular formula is C19H23NO4S. The van der Waals surface area contributed by atoms with Crippen LogP contribution >= 0.6 is 0 Å². The number of rotatable bonds is 5. The van der Waals surface area contributed by atoms with E-state index in [1.165, 1.54) is 6.42 Å². The third-order valence-electron chi connectivity index (χ3n) is 4.75. The second kappa shape index (κ2) is 7.44. The highest BCUT2D eigenvalue weighted by Gasteiger charge is 2.25. The molecule has 1 aromatic carbocycles. The highest BCUT2D eigenvalue weighted by Crippen LogP contribution is 2.24. The summed E-state index contributed by atoms with van der Waals surface area (Å²) in [4.78, 5) is 12.6. The molecule has 1 saturated carbocycles. The molecule has 0 aliphatic heterocycles. The molecule has 1 N–H and O–H groups in total. The zero-order valence-corrected chi connectivity index (χ0v) is 15.1. The Balaban J connectivity index is 1.67. The van der Waals surface area contributed by atoms with Crippen molar-refractivity contribution < 1.29 is 17.6 Å². The molecule has 1 aliphatic carbocycles. The van der Waals surface area contributed by atoms with Gasteiger partial charge in [0.15, 0.2) is 15.6 Å². The Hall–Kier alpha value is -2.08. The van der Waals surface area contributed by atoms with Crippen LogP contribution in [-0.2, 0) is 15.6 Å². The molecule has 1 aliphatic rings. The maximum atomic E-state index is 12.4. The molecule has 134 valence electrons. The Morgan fingerprint density at radius 1 is 1.12 bits per heavy atom. The van der Waals surface area contributed by atoms with Crippen LogP contribution in [0.4, 0.5) is 0 Å². The molecule has 25 heavy (non-hydrogen) atoms. The monoisotopic (exact) mass is 361 g/mol. The first-order valence-electron chi connectivity index (χ1n) is 8.63. The minimum atomic E-state index is -3.49. The average Bonchev–Trinajstić information content (AvgIpc) is 3.06. The number of hydrogen-bond acceptors (Lipinski definition) is 4. The van der Waals surface area contributed by atoms with Gasteiger partial charge >= 0.3 is 0 Å². The SMILES string of the molecule is C[C@H]1CCCC[C@@H]1NC(=O)c1ccc(CS(=O)(=O)c2ccccc2)o1. The molecule has 3 rings (SSSR count). The predicted molar refractivity (Wildman–Crippen MR) is 94.9 cm³/mol. The highest BCUT2D eigenvalue weighted by atomic mass is 32.2. The fourth-order valence-electron chi connectivity index (χ4n) is 3.25. The normalized spacial score (nSPS) is 21.0. The predicted octanol–water partition coefficient (Wildman–Crippen LogP) is 3.56. The number of nitrogens with one attached hydrogen (secondary N) is 1. The van der Waals surface area contributed by atoms with Gasteiger partial charge in [0.05, 0.1) is 4.90 Å². The van der Waals surface area contributed by atoms with E-state index in [4.69, 9.17) is 4.42 Å². The lowest BCUT2D eigenvalue weighted by Gasteiger charge is -2.29. The molecule has 1 heterocycles. The van der Waals surface area contributed by atoms with Gasteiger partial charge in [0, 0.05) is 6.04 Å². The van der Waals surface area contributed by atoms with Crippen molar-refractivity contribution in [2.45, 2.75) is 49.3 Å². The van der Waals surface area contributed by atoms with Crippen LogP contribution in [0.2, 0.25) is 0 Å². The number of carbonyl (C=O) groups is 1. The van der Waals surface area contributed by atoms with Crippen LogP contribution < -0.4 is 5.32 Å². The Morgan fingerprint density at radius 2 is 1.84 bits per heavy atom. The van der Waals surface area contributed by atoms with Crippen LogP contribution in [0.1, 0.15) is 48.9 Å². The summed E-state index contributed by atoms with van der Waals surface area (Å²) < 4.78 is 30.2. The standard InChI is InChI=1S/C19H23NO4S/c1-14-7-5-6-10-17(14)20-19(21)18-12-11-15(24-18)13-25(22,23)16-8-3-2-4-9-16/h2-4,8-9,11-12,14,17H,5-7,10,13H2,1H3,(H,20,21)/t14-,17-/m0/s1. The Kier molecular flexibility index (Phi) is 5.27. The zero-order chi connectivity index (χ0) is 17.9. The van der Waals surface area contributed by atoms with Crippen molar-refractivity contribution in [1.29, 1.82) is 0 Å². The number of hydrogen-bond donors (Lipinski definition) is 1. The van der Waals surface area contributed by atoms with Crippen LogP contribution in [0.15, 0.2) is 51.8 Å². The molecule has 0 radical (unpaired) electrons. The summed E-state index contributed by atoms with van der Waals surface area (Å²) in [6.45, 7) is 2.14. The number of amides is 1. The first kappa shape index (κ1) is 17.7. The van der Waals surface area contributed by atoms with Gasteiger partial charge in [0.1, 0.15) is 11.5 Å². The fraction of sp³-hybridized carbons (Fsp3) is 0.421. The molecule has 1 fully saturated rings. The van der Waals surface area contributed by atoms with Crippen LogP contribution in [0.25, 0.3) is 0 Å². The van der Waals surface area contributed by atoms with Crippen molar-refractivity contribution in [3.8, 4) is 0 Å². The number of furan rings is 1. The third kappa shape index (κ3) is 4.31. The topological polar surface area (TPSA) is 76.4 Å². The van der Waals surface area contributed by atoms with Crippen molar-refractivity contribution in [3.05, 3.63) is 54.0 Å². The molecule has 1 aromatic heterocycles. The summed E-state index contributed by atoms with van der Waals surface area (Å²) in [5, 5.41) is 3.01. The van der Waals surface area contributed by atoms with Crippen LogP contribution in [0.3, 0.4) is 0 Å². The molecule has 0 spiro atoms. The molecule has 5 nitrogen and oxygen atoms in total. The van der Waals surface area contributed by atoms with Crippen molar-refractivity contribution >= 4 is 15.7 Å². The molecule has 0 saturated heterocycles. The second-order valence-electron chi connectivity index (χ2n) is 6.68. The van der Waals surface area contributed by atoms with E-state index < -0.39 is 9.84 Å². The molecule has 2 aromatic rings. The molecular weight excluding hydrogens is 338 g/mol. The van der Waals surface area contributed by atoms with E-state index in [0.717, 1.165) is 19.3 Å². The molecule has 6 heteroatoms. The van der Waals surface area contributed by atoms with Crippen LogP contribution in [0.5, 0.6) is 0 Å². The summed E-state index contributed by atoms with van der Waals surface area (Å²) in [5.74, 6) is 0.346. The van der Waals surface area contributed by atoms with Gasteiger partial charge in [-0.05, 0) is 43.0 Å². The van der Waals surface area contributed by atoms with E-state index >= 15 is 0 Å². The average molecular weight is 361 g/mol. The maximum absolute atomic E-state index is 12.4. The number of carbonyl (C=O) groups excluding carboxylic acids is 1. The minimum Gasteiger partial charge on any atom is -0.455 e. The van der Waals surface area contributed by atoms with E-state index in [1.54, 1.807) is 42.5 Å². The van der Waals surface area contributed by atoms with E-state index in [0.29, 0.717) is 5.92 Å². The van der Waals surface area contributed by atoms with Gasteiger partial charge in [0.25, 0.3) is 5.91 Å². The fourth-order valence-corrected chi connectivity index (χ4v) is 4.51. The first-order valence-corrected chi connectivity index (χ1v) is 10.3. The van der Waals surface area contributed by atoms with Crippen molar-refractivity contribution in [2.75, 3.05) is 0 Å². The third-order valence-corrected chi connectivity index (χ3v) is 6.40. The van der Waals surface area contributed by atoms with Gasteiger partial charge in [-0.1, -0.05) is 38.0 Å². The second-order valence-corrected chi connectivity index (χ2v) is 8.67. The van der Waals surface area contributed by atoms with Crippen molar-refractivity contribution in [2.24, 2.45) is 5.92 Å². The van der Waals surface area contributed by atoms with Gasteiger partial charge in [-0.3, -0.25) is 4.79 Å². The van der Waals surface area contributed by atoms with Gasteiger partial charge < -0.3 is 9.73 Å². The van der Waals surface area contributed by atoms with Gasteiger partial charge in [-0.25, -0.2) is 8.42 Å². The van der Waals surface area contributed by atoms with Gasteiger partial charge in [-0.2, -0.15) is 0 Å². The van der Waals surface area contributed by atoms with Crippen molar-refractivity contribution in [1.82, 2.24) is 5.32 Å². The number of sulfone groups is 1. The van der Waals surface area contributed by atoms with E-state index in [2.05, 4.69) is 12.2 Å². The van der Waals surface area contributed by atoms with Gasteiger partial charge in [0.2, 0.25) is 0 Å². The van der Waals surface area contributed by atoms with Crippen molar-refractivity contribution in [3.63, 3.8) is 0 Å². The largest absolute Gasteiger partial charge is 0.455 e. The minimum absolute atomic E-state index is 0.155. The molecule has 1 amide bonds. The number of benzene rings is 1. The van der Waals surface area contributed by atoms with E-state index in [9.17, 15) is 13.2 Å². The maximum Gasteiger partial charge on any atom is 0.287 e. The lowest BCUT2D eigenvalue weighted by molar-refractivity contribution is 0.0880. The molecule has 0 unspecified atom stereocenters.